The van der Waals surface area contributed by atoms with Gasteiger partial charge in [-0.1, -0.05) is 32.9 Å². The predicted octanol–water partition coefficient (Wildman–Crippen LogP) is 3.06. The first-order valence-corrected chi connectivity index (χ1v) is 6.35. The summed E-state index contributed by atoms with van der Waals surface area (Å²) in [5.41, 5.74) is 6.13. The van der Waals surface area contributed by atoms with Gasteiger partial charge in [0, 0.05) is 17.7 Å². The van der Waals surface area contributed by atoms with Crippen molar-refractivity contribution in [2.45, 2.75) is 33.1 Å². The summed E-state index contributed by atoms with van der Waals surface area (Å²) in [7, 11) is 0. The molecule has 1 heterocycles. The standard InChI is InChI=1S/C15H18N2O3/c1-9(18)17-11-8-6-5-7-10(11)12(20-14(16)19)13(17)15(2,3)4/h5-8H,1-4H3,(H2,16,19). The van der Waals surface area contributed by atoms with E-state index in [9.17, 15) is 9.59 Å². The summed E-state index contributed by atoms with van der Waals surface area (Å²) in [4.78, 5) is 23.2. The maximum absolute atomic E-state index is 12.0. The van der Waals surface area contributed by atoms with E-state index in [0.29, 0.717) is 22.3 Å². The zero-order valence-electron chi connectivity index (χ0n) is 12.1. The largest absolute Gasteiger partial charge is 0.410 e. The van der Waals surface area contributed by atoms with Crippen molar-refractivity contribution in [2.24, 2.45) is 5.73 Å². The Hall–Kier alpha value is -2.30. The number of amides is 1. The molecule has 2 N–H and O–H groups in total. The highest BCUT2D eigenvalue weighted by Crippen LogP contribution is 2.40. The normalized spacial score (nSPS) is 11.6. The molecule has 106 valence electrons. The number of aromatic nitrogens is 1. The van der Waals surface area contributed by atoms with Gasteiger partial charge < -0.3 is 10.5 Å². The van der Waals surface area contributed by atoms with Crippen LogP contribution in [0.4, 0.5) is 4.79 Å². The molecule has 2 rings (SSSR count). The monoisotopic (exact) mass is 274 g/mol. The molecule has 1 amide bonds. The van der Waals surface area contributed by atoms with Crippen LogP contribution in [0.25, 0.3) is 10.9 Å². The van der Waals surface area contributed by atoms with Crippen molar-refractivity contribution in [1.29, 1.82) is 0 Å². The van der Waals surface area contributed by atoms with Gasteiger partial charge in [0.25, 0.3) is 0 Å². The van der Waals surface area contributed by atoms with Crippen molar-refractivity contribution in [2.75, 3.05) is 0 Å². The molecular formula is C15H18N2O3. The third kappa shape index (κ3) is 2.27. The SMILES string of the molecule is CC(=O)n1c(C(C)(C)C)c(OC(N)=O)c2ccccc21. The second-order valence-corrected chi connectivity index (χ2v) is 5.72. The topological polar surface area (TPSA) is 74.3 Å². The maximum Gasteiger partial charge on any atom is 0.410 e. The van der Waals surface area contributed by atoms with E-state index in [2.05, 4.69) is 0 Å². The van der Waals surface area contributed by atoms with Crippen LogP contribution in [0.5, 0.6) is 5.75 Å². The molecule has 0 fully saturated rings. The van der Waals surface area contributed by atoms with Crippen molar-refractivity contribution in [3.8, 4) is 5.75 Å². The minimum Gasteiger partial charge on any atom is -0.408 e. The minimum atomic E-state index is -0.887. The van der Waals surface area contributed by atoms with Crippen LogP contribution in [0.1, 0.15) is 38.2 Å². The van der Waals surface area contributed by atoms with Crippen LogP contribution in [0, 0.1) is 0 Å². The van der Waals surface area contributed by atoms with Gasteiger partial charge in [0.2, 0.25) is 5.91 Å². The Bertz CT molecular complexity index is 693. The predicted molar refractivity (Wildman–Crippen MR) is 77.1 cm³/mol. The lowest BCUT2D eigenvalue weighted by atomic mass is 9.91. The minimum absolute atomic E-state index is 0.134. The first-order valence-electron chi connectivity index (χ1n) is 6.35. The molecule has 0 saturated heterocycles. The van der Waals surface area contributed by atoms with Gasteiger partial charge in [0.05, 0.1) is 11.2 Å². The van der Waals surface area contributed by atoms with Crippen molar-refractivity contribution >= 4 is 22.9 Å². The van der Waals surface area contributed by atoms with Gasteiger partial charge in [-0.05, 0) is 12.1 Å². The van der Waals surface area contributed by atoms with E-state index in [-0.39, 0.29) is 11.3 Å². The first-order chi connectivity index (χ1) is 9.23. The number of hydrogen-bond donors (Lipinski definition) is 1. The molecule has 0 bridgehead atoms. The Labute approximate surface area is 117 Å². The quantitative estimate of drug-likeness (QED) is 0.868. The number of ether oxygens (including phenoxy) is 1. The molecule has 0 unspecified atom stereocenters. The van der Waals surface area contributed by atoms with Crippen LogP contribution in [-0.4, -0.2) is 16.6 Å². The molecule has 2 aromatic rings. The van der Waals surface area contributed by atoms with Crippen molar-refractivity contribution in [3.05, 3.63) is 30.0 Å². The Balaban J connectivity index is 2.93. The van der Waals surface area contributed by atoms with Crippen molar-refractivity contribution in [3.63, 3.8) is 0 Å². The number of nitrogens with two attached hydrogens (primary N) is 1. The zero-order valence-corrected chi connectivity index (χ0v) is 12.1. The molecular weight excluding hydrogens is 256 g/mol. The number of primary amides is 1. The van der Waals surface area contributed by atoms with Gasteiger partial charge >= 0.3 is 6.09 Å². The Morgan fingerprint density at radius 3 is 2.30 bits per heavy atom. The fraction of sp³-hybridized carbons (Fsp3) is 0.333. The van der Waals surface area contributed by atoms with E-state index in [0.717, 1.165) is 0 Å². The summed E-state index contributed by atoms with van der Waals surface area (Å²) in [6.45, 7) is 7.34. The Morgan fingerprint density at radius 2 is 1.80 bits per heavy atom. The van der Waals surface area contributed by atoms with Crippen LogP contribution in [0.15, 0.2) is 24.3 Å². The molecule has 0 radical (unpaired) electrons. The number of fused-ring (bicyclic) bond motifs is 1. The number of rotatable bonds is 1. The average molecular weight is 274 g/mol. The third-order valence-electron chi connectivity index (χ3n) is 3.06. The van der Waals surface area contributed by atoms with Gasteiger partial charge in [-0.25, -0.2) is 4.79 Å². The molecule has 0 aliphatic carbocycles. The number of carbonyl (C=O) groups excluding carboxylic acids is 2. The highest BCUT2D eigenvalue weighted by molar-refractivity contribution is 5.98. The smallest absolute Gasteiger partial charge is 0.408 e. The summed E-state index contributed by atoms with van der Waals surface area (Å²) in [5.74, 6) is 0.223. The van der Waals surface area contributed by atoms with E-state index in [1.165, 1.54) is 6.92 Å². The zero-order chi connectivity index (χ0) is 15.1. The van der Waals surface area contributed by atoms with Gasteiger partial charge in [-0.3, -0.25) is 9.36 Å². The van der Waals surface area contributed by atoms with Crippen LogP contribution in [0.3, 0.4) is 0 Å². The summed E-state index contributed by atoms with van der Waals surface area (Å²) in [6.07, 6.45) is -0.887. The summed E-state index contributed by atoms with van der Waals surface area (Å²) >= 11 is 0. The molecule has 0 aliphatic rings. The second-order valence-electron chi connectivity index (χ2n) is 5.72. The molecule has 1 aromatic heterocycles. The van der Waals surface area contributed by atoms with Crippen molar-refractivity contribution in [1.82, 2.24) is 4.57 Å². The maximum atomic E-state index is 12.0. The highest BCUT2D eigenvalue weighted by atomic mass is 16.5. The van der Waals surface area contributed by atoms with E-state index in [4.69, 9.17) is 10.5 Å². The van der Waals surface area contributed by atoms with Crippen LogP contribution < -0.4 is 10.5 Å². The Morgan fingerprint density at radius 1 is 1.20 bits per heavy atom. The molecule has 1 aromatic carbocycles. The molecule has 0 aliphatic heterocycles. The summed E-state index contributed by atoms with van der Waals surface area (Å²) < 4.78 is 6.76. The van der Waals surface area contributed by atoms with Gasteiger partial charge in [-0.15, -0.1) is 0 Å². The van der Waals surface area contributed by atoms with Crippen LogP contribution >= 0.6 is 0 Å². The van der Waals surface area contributed by atoms with Gasteiger partial charge in [0.15, 0.2) is 5.75 Å². The lowest BCUT2D eigenvalue weighted by Crippen LogP contribution is -2.24. The molecule has 5 nitrogen and oxygen atoms in total. The highest BCUT2D eigenvalue weighted by Gasteiger charge is 2.30. The molecule has 5 heteroatoms. The second kappa shape index (κ2) is 4.67. The molecule has 0 spiro atoms. The number of para-hydroxylation sites is 1. The Kier molecular flexibility index (Phi) is 3.29. The lowest BCUT2D eigenvalue weighted by Gasteiger charge is -2.22. The van der Waals surface area contributed by atoms with Crippen LogP contribution in [-0.2, 0) is 5.41 Å². The summed E-state index contributed by atoms with van der Waals surface area (Å²) in [5, 5.41) is 0.700. The lowest BCUT2D eigenvalue weighted by molar-refractivity contribution is 0.0934. The molecule has 0 saturated carbocycles. The van der Waals surface area contributed by atoms with E-state index < -0.39 is 6.09 Å². The van der Waals surface area contributed by atoms with E-state index >= 15 is 0 Å². The van der Waals surface area contributed by atoms with Crippen LogP contribution in [0.2, 0.25) is 0 Å². The molecule has 20 heavy (non-hydrogen) atoms. The van der Waals surface area contributed by atoms with E-state index in [1.54, 1.807) is 4.57 Å². The first kappa shape index (κ1) is 14.1. The molecule has 0 atom stereocenters. The summed E-state index contributed by atoms with van der Waals surface area (Å²) in [6, 6.07) is 7.29. The van der Waals surface area contributed by atoms with Crippen molar-refractivity contribution < 1.29 is 14.3 Å². The average Bonchev–Trinajstić information content (AvgIpc) is 2.63. The van der Waals surface area contributed by atoms with Gasteiger partial charge in [-0.2, -0.15) is 0 Å². The third-order valence-corrected chi connectivity index (χ3v) is 3.06. The number of benzene rings is 1. The number of hydrogen-bond acceptors (Lipinski definition) is 3. The van der Waals surface area contributed by atoms with E-state index in [1.807, 2.05) is 45.0 Å². The fourth-order valence-electron chi connectivity index (χ4n) is 2.42. The number of carbonyl (C=O) groups is 2. The number of nitrogens with zero attached hydrogens (tertiary/aromatic N) is 1. The van der Waals surface area contributed by atoms with Gasteiger partial charge in [0.1, 0.15) is 0 Å². The fourth-order valence-corrected chi connectivity index (χ4v) is 2.42.